The van der Waals surface area contributed by atoms with Gasteiger partial charge in [0.2, 0.25) is 0 Å². The summed E-state index contributed by atoms with van der Waals surface area (Å²) >= 11 is 6.29. The lowest BCUT2D eigenvalue weighted by Gasteiger charge is -2.43. The molecule has 4 aromatic rings. The Balaban J connectivity index is 1.41. The van der Waals surface area contributed by atoms with E-state index in [-0.39, 0.29) is 5.04 Å². The number of imidazole rings is 1. The van der Waals surface area contributed by atoms with Crippen molar-refractivity contribution in [2.75, 3.05) is 13.2 Å². The molecule has 0 spiro atoms. The molecule has 1 saturated heterocycles. The van der Waals surface area contributed by atoms with Gasteiger partial charge in [-0.25, -0.2) is 15.0 Å². The van der Waals surface area contributed by atoms with Crippen LogP contribution in [0.25, 0.3) is 11.2 Å². The SMILES string of the molecule is CC(C)(C)[Si](OCC1OCC(c2nc(Cl)c3[nH]cnc3n2)O1)(c1ccccc1)c1ccccc1. The summed E-state index contributed by atoms with van der Waals surface area (Å²) in [6.07, 6.45) is 0.567. The van der Waals surface area contributed by atoms with Gasteiger partial charge in [0.15, 0.2) is 22.9 Å². The molecular formula is C25H27ClN4O3Si. The lowest BCUT2D eigenvalue weighted by molar-refractivity contribution is -0.0852. The molecule has 176 valence electrons. The summed E-state index contributed by atoms with van der Waals surface area (Å²) in [5.74, 6) is 0.456. The fourth-order valence-corrected chi connectivity index (χ4v) is 9.36. The van der Waals surface area contributed by atoms with Crippen molar-refractivity contribution in [3.63, 3.8) is 0 Å². The zero-order valence-electron chi connectivity index (χ0n) is 19.4. The number of nitrogens with zero attached hydrogens (tertiary/aromatic N) is 3. The highest BCUT2D eigenvalue weighted by Crippen LogP contribution is 2.37. The van der Waals surface area contributed by atoms with Crippen molar-refractivity contribution in [1.29, 1.82) is 0 Å². The first-order valence-electron chi connectivity index (χ1n) is 11.3. The fourth-order valence-electron chi connectivity index (χ4n) is 4.59. The molecule has 2 unspecified atom stereocenters. The van der Waals surface area contributed by atoms with Crippen molar-refractivity contribution < 1.29 is 13.9 Å². The van der Waals surface area contributed by atoms with Crippen molar-refractivity contribution >= 4 is 41.5 Å². The zero-order chi connectivity index (χ0) is 23.8. The first kappa shape index (κ1) is 23.1. The van der Waals surface area contributed by atoms with Crippen molar-refractivity contribution in [1.82, 2.24) is 19.9 Å². The number of aromatic nitrogens is 4. The highest BCUT2D eigenvalue weighted by Gasteiger charge is 2.50. The Morgan fingerprint density at radius 1 is 1.03 bits per heavy atom. The molecule has 0 amide bonds. The first-order chi connectivity index (χ1) is 16.4. The van der Waals surface area contributed by atoms with Gasteiger partial charge in [0.1, 0.15) is 11.6 Å². The maximum atomic E-state index is 6.92. The molecule has 34 heavy (non-hydrogen) atoms. The number of hydrogen-bond acceptors (Lipinski definition) is 6. The van der Waals surface area contributed by atoms with E-state index in [0.717, 1.165) is 0 Å². The summed E-state index contributed by atoms with van der Waals surface area (Å²) in [4.78, 5) is 16.0. The second-order valence-electron chi connectivity index (χ2n) is 9.34. The third-order valence-corrected chi connectivity index (χ3v) is 11.4. The molecule has 9 heteroatoms. The van der Waals surface area contributed by atoms with Gasteiger partial charge in [-0.15, -0.1) is 0 Å². The molecule has 0 bridgehead atoms. The topological polar surface area (TPSA) is 82.2 Å². The molecule has 1 aliphatic heterocycles. The van der Waals surface area contributed by atoms with Gasteiger partial charge < -0.3 is 18.9 Å². The summed E-state index contributed by atoms with van der Waals surface area (Å²) in [5, 5.41) is 2.60. The lowest BCUT2D eigenvalue weighted by Crippen LogP contribution is -2.67. The summed E-state index contributed by atoms with van der Waals surface area (Å²) in [7, 11) is -2.68. The molecule has 1 N–H and O–H groups in total. The van der Waals surface area contributed by atoms with Crippen LogP contribution in [0.3, 0.4) is 0 Å². The van der Waals surface area contributed by atoms with E-state index < -0.39 is 20.7 Å². The molecule has 2 atom stereocenters. The van der Waals surface area contributed by atoms with E-state index >= 15 is 0 Å². The van der Waals surface area contributed by atoms with Crippen LogP contribution < -0.4 is 10.4 Å². The number of H-pyrrole nitrogens is 1. The minimum absolute atomic E-state index is 0.130. The average Bonchev–Trinajstić information content (AvgIpc) is 3.50. The number of aromatic amines is 1. The number of halogens is 1. The van der Waals surface area contributed by atoms with Crippen LogP contribution >= 0.6 is 11.6 Å². The largest absolute Gasteiger partial charge is 0.402 e. The van der Waals surface area contributed by atoms with Crippen LogP contribution in [-0.2, 0) is 13.9 Å². The molecular weight excluding hydrogens is 468 g/mol. The fraction of sp³-hybridized carbons (Fsp3) is 0.320. The molecule has 0 saturated carbocycles. The third-order valence-electron chi connectivity index (χ3n) is 6.15. The molecule has 0 radical (unpaired) electrons. The molecule has 1 aliphatic rings. The van der Waals surface area contributed by atoms with Gasteiger partial charge in [-0.2, -0.15) is 0 Å². The highest BCUT2D eigenvalue weighted by atomic mass is 35.5. The molecule has 0 aliphatic carbocycles. The lowest BCUT2D eigenvalue weighted by atomic mass is 10.2. The predicted octanol–water partition coefficient (Wildman–Crippen LogP) is 4.00. The molecule has 2 aromatic carbocycles. The van der Waals surface area contributed by atoms with Crippen LogP contribution in [0.1, 0.15) is 32.7 Å². The number of ether oxygens (including phenoxy) is 2. The molecule has 1 fully saturated rings. The summed E-state index contributed by atoms with van der Waals surface area (Å²) < 4.78 is 19.0. The molecule has 3 heterocycles. The maximum Gasteiger partial charge on any atom is 0.261 e. The number of benzene rings is 2. The van der Waals surface area contributed by atoms with E-state index in [1.807, 2.05) is 12.1 Å². The smallest absolute Gasteiger partial charge is 0.261 e. The van der Waals surface area contributed by atoms with Crippen molar-refractivity contribution in [3.05, 3.63) is 78.0 Å². The van der Waals surface area contributed by atoms with Crippen LogP contribution in [-0.4, -0.2) is 47.8 Å². The van der Waals surface area contributed by atoms with Crippen molar-refractivity contribution in [2.24, 2.45) is 0 Å². The van der Waals surface area contributed by atoms with Gasteiger partial charge in [0.05, 0.1) is 19.5 Å². The number of nitrogens with one attached hydrogen (secondary N) is 1. The highest BCUT2D eigenvalue weighted by molar-refractivity contribution is 6.99. The number of fused-ring (bicyclic) bond motifs is 1. The van der Waals surface area contributed by atoms with Gasteiger partial charge in [0, 0.05) is 0 Å². The minimum Gasteiger partial charge on any atom is -0.402 e. The van der Waals surface area contributed by atoms with E-state index in [4.69, 9.17) is 25.5 Å². The van der Waals surface area contributed by atoms with E-state index in [1.54, 1.807) is 6.33 Å². The van der Waals surface area contributed by atoms with Gasteiger partial charge >= 0.3 is 0 Å². The Morgan fingerprint density at radius 3 is 2.29 bits per heavy atom. The van der Waals surface area contributed by atoms with Gasteiger partial charge in [-0.3, -0.25) is 0 Å². The summed E-state index contributed by atoms with van der Waals surface area (Å²) in [6, 6.07) is 21.0. The predicted molar refractivity (Wildman–Crippen MR) is 134 cm³/mol. The average molecular weight is 495 g/mol. The van der Waals surface area contributed by atoms with E-state index in [1.165, 1.54) is 10.4 Å². The normalized spacial score (nSPS) is 19.1. The van der Waals surface area contributed by atoms with E-state index in [0.29, 0.717) is 35.4 Å². The molecule has 2 aromatic heterocycles. The van der Waals surface area contributed by atoms with Crippen molar-refractivity contribution in [2.45, 2.75) is 38.2 Å². The van der Waals surface area contributed by atoms with Gasteiger partial charge in [-0.1, -0.05) is 93.0 Å². The zero-order valence-corrected chi connectivity index (χ0v) is 21.1. The Kier molecular flexibility index (Phi) is 6.26. The van der Waals surface area contributed by atoms with Crippen LogP contribution in [0.2, 0.25) is 10.2 Å². The monoisotopic (exact) mass is 494 g/mol. The van der Waals surface area contributed by atoms with Crippen molar-refractivity contribution in [3.8, 4) is 0 Å². The Bertz CT molecular complexity index is 1220. The quantitative estimate of drug-likeness (QED) is 0.322. The summed E-state index contributed by atoms with van der Waals surface area (Å²) in [5.41, 5.74) is 1.11. The Labute approximate surface area is 204 Å². The van der Waals surface area contributed by atoms with Crippen LogP contribution in [0.5, 0.6) is 0 Å². The van der Waals surface area contributed by atoms with Gasteiger partial charge in [0.25, 0.3) is 8.32 Å². The molecule has 5 rings (SSSR count). The number of hydrogen-bond donors (Lipinski definition) is 1. The van der Waals surface area contributed by atoms with Gasteiger partial charge in [-0.05, 0) is 15.4 Å². The first-order valence-corrected chi connectivity index (χ1v) is 13.6. The second kappa shape index (κ2) is 9.20. The number of rotatable bonds is 6. The Morgan fingerprint density at radius 2 is 1.68 bits per heavy atom. The molecule has 7 nitrogen and oxygen atoms in total. The Hall–Kier alpha value is -2.62. The van der Waals surface area contributed by atoms with Crippen LogP contribution in [0, 0.1) is 0 Å². The van der Waals surface area contributed by atoms with E-state index in [2.05, 4.69) is 89.2 Å². The summed E-state index contributed by atoms with van der Waals surface area (Å²) in [6.45, 7) is 7.34. The van der Waals surface area contributed by atoms with Crippen LogP contribution in [0.4, 0.5) is 0 Å². The second-order valence-corrected chi connectivity index (χ2v) is 14.0. The minimum atomic E-state index is -2.68. The standard InChI is InChI=1S/C25H27ClN4O3Si/c1-25(2,3)34(17-10-6-4-7-11-17,18-12-8-5-9-13-18)32-15-20-31-14-19(33-20)23-29-22(26)21-24(30-23)28-16-27-21/h4-13,16,19-20H,14-15H2,1-3H3,(H,27,28,29,30). The maximum absolute atomic E-state index is 6.92. The van der Waals surface area contributed by atoms with Crippen LogP contribution in [0.15, 0.2) is 67.0 Å². The van der Waals surface area contributed by atoms with E-state index in [9.17, 15) is 0 Å². The third kappa shape index (κ3) is 4.16.